The quantitative estimate of drug-likeness (QED) is 0.586. The number of nitrogens with two attached hydrogens (primary N) is 1. The van der Waals surface area contributed by atoms with E-state index < -0.39 is 0 Å². The van der Waals surface area contributed by atoms with Gasteiger partial charge in [-0.15, -0.1) is 0 Å². The fraction of sp³-hybridized carbons (Fsp3) is 1.00. The van der Waals surface area contributed by atoms with Gasteiger partial charge in [0.05, 0.1) is 11.2 Å². The highest BCUT2D eigenvalue weighted by atomic mass is 16.5. The van der Waals surface area contributed by atoms with Gasteiger partial charge in [0.25, 0.3) is 0 Å². The first-order chi connectivity index (χ1) is 7.77. The molecule has 3 N–H and O–H groups in total. The van der Waals surface area contributed by atoms with Gasteiger partial charge in [-0.05, 0) is 58.8 Å². The maximum atomic E-state index is 6.19. The van der Waals surface area contributed by atoms with Gasteiger partial charge in [-0.3, -0.25) is 11.3 Å². The summed E-state index contributed by atoms with van der Waals surface area (Å²) in [5, 5.41) is 0. The van der Waals surface area contributed by atoms with E-state index in [0.29, 0.717) is 17.9 Å². The molecule has 1 saturated heterocycles. The molecule has 0 aromatic carbocycles. The zero-order valence-corrected chi connectivity index (χ0v) is 11.9. The smallest absolute Gasteiger partial charge is 0.0678 e. The van der Waals surface area contributed by atoms with Crippen molar-refractivity contribution in [2.45, 2.75) is 71.1 Å². The number of hydrogen-bond acceptors (Lipinski definition) is 3. The van der Waals surface area contributed by atoms with Crippen molar-refractivity contribution in [2.24, 2.45) is 23.6 Å². The van der Waals surface area contributed by atoms with Gasteiger partial charge < -0.3 is 4.74 Å². The molecule has 0 spiro atoms. The molecule has 1 aliphatic heterocycles. The van der Waals surface area contributed by atoms with Gasteiger partial charge in [-0.25, -0.2) is 0 Å². The first-order valence-corrected chi connectivity index (χ1v) is 6.93. The Bertz CT molecular complexity index is 284. The molecule has 3 heteroatoms. The van der Waals surface area contributed by atoms with Gasteiger partial charge in [0.1, 0.15) is 0 Å². The Kier molecular flexibility index (Phi) is 3.30. The first-order valence-electron chi connectivity index (χ1n) is 6.93. The van der Waals surface area contributed by atoms with Crippen molar-refractivity contribution in [2.75, 3.05) is 0 Å². The molecule has 0 aromatic heterocycles. The van der Waals surface area contributed by atoms with Crippen LogP contribution in [0.3, 0.4) is 0 Å². The summed E-state index contributed by atoms with van der Waals surface area (Å²) in [7, 11) is 0. The molecular formula is C14H28N2O. The Hall–Kier alpha value is -0.120. The van der Waals surface area contributed by atoms with E-state index in [-0.39, 0.29) is 11.2 Å². The lowest BCUT2D eigenvalue weighted by Crippen LogP contribution is -2.51. The average Bonchev–Trinajstić information content (AvgIpc) is 2.94. The van der Waals surface area contributed by atoms with Gasteiger partial charge in [-0.2, -0.15) is 0 Å². The van der Waals surface area contributed by atoms with Crippen LogP contribution >= 0.6 is 0 Å². The largest absolute Gasteiger partial charge is 0.369 e. The number of nitrogens with one attached hydrogen (secondary N) is 1. The number of rotatable bonds is 4. The van der Waals surface area contributed by atoms with Gasteiger partial charge in [0, 0.05) is 12.0 Å². The summed E-state index contributed by atoms with van der Waals surface area (Å²) in [5.41, 5.74) is 2.98. The standard InChI is InChI=1S/C14H28N2O/c1-9(10-6-7-10)12(16-15)11-8-13(2,3)17-14(11,4)5/h9-12,16H,6-8,15H2,1-5H3. The predicted molar refractivity (Wildman–Crippen MR) is 70.3 cm³/mol. The molecule has 0 bridgehead atoms. The molecule has 2 rings (SSSR count). The second kappa shape index (κ2) is 4.22. The van der Waals surface area contributed by atoms with Crippen LogP contribution in [0.4, 0.5) is 0 Å². The van der Waals surface area contributed by atoms with Gasteiger partial charge in [0.2, 0.25) is 0 Å². The highest BCUT2D eigenvalue weighted by Crippen LogP contribution is 2.48. The lowest BCUT2D eigenvalue weighted by atomic mass is 9.76. The van der Waals surface area contributed by atoms with Crippen LogP contribution in [0.25, 0.3) is 0 Å². The fourth-order valence-corrected chi connectivity index (χ4v) is 3.71. The van der Waals surface area contributed by atoms with Gasteiger partial charge >= 0.3 is 0 Å². The summed E-state index contributed by atoms with van der Waals surface area (Å²) in [6, 6.07) is 0.374. The van der Waals surface area contributed by atoms with Crippen molar-refractivity contribution in [1.82, 2.24) is 5.43 Å². The van der Waals surface area contributed by atoms with Crippen LogP contribution in [0.5, 0.6) is 0 Å². The molecule has 0 aromatic rings. The van der Waals surface area contributed by atoms with E-state index in [1.54, 1.807) is 0 Å². The molecule has 0 amide bonds. The molecule has 1 heterocycles. The maximum Gasteiger partial charge on any atom is 0.0678 e. The van der Waals surface area contributed by atoms with Crippen molar-refractivity contribution in [1.29, 1.82) is 0 Å². The van der Waals surface area contributed by atoms with Gasteiger partial charge in [-0.1, -0.05) is 6.92 Å². The Labute approximate surface area is 105 Å². The van der Waals surface area contributed by atoms with Gasteiger partial charge in [0.15, 0.2) is 0 Å². The third-order valence-electron chi connectivity index (χ3n) is 4.70. The van der Waals surface area contributed by atoms with Crippen molar-refractivity contribution in [3.63, 3.8) is 0 Å². The highest BCUT2D eigenvalue weighted by molar-refractivity contribution is 5.02. The third kappa shape index (κ3) is 2.67. The first kappa shape index (κ1) is 13.3. The van der Waals surface area contributed by atoms with E-state index >= 15 is 0 Å². The van der Waals surface area contributed by atoms with E-state index in [1.807, 2.05) is 0 Å². The third-order valence-corrected chi connectivity index (χ3v) is 4.70. The average molecular weight is 240 g/mol. The van der Waals surface area contributed by atoms with Crippen molar-refractivity contribution < 1.29 is 4.74 Å². The molecule has 3 atom stereocenters. The molecular weight excluding hydrogens is 212 g/mol. The highest BCUT2D eigenvalue weighted by Gasteiger charge is 2.51. The molecule has 1 saturated carbocycles. The lowest BCUT2D eigenvalue weighted by molar-refractivity contribution is -0.0797. The van der Waals surface area contributed by atoms with Crippen molar-refractivity contribution >= 4 is 0 Å². The van der Waals surface area contributed by atoms with E-state index in [2.05, 4.69) is 40.0 Å². The van der Waals surface area contributed by atoms with Crippen molar-refractivity contribution in [3.8, 4) is 0 Å². The fourth-order valence-electron chi connectivity index (χ4n) is 3.71. The summed E-state index contributed by atoms with van der Waals surface area (Å²) in [6.07, 6.45) is 3.83. The molecule has 1 aliphatic carbocycles. The van der Waals surface area contributed by atoms with E-state index in [0.717, 1.165) is 12.3 Å². The summed E-state index contributed by atoms with van der Waals surface area (Å²) < 4.78 is 6.19. The molecule has 17 heavy (non-hydrogen) atoms. The van der Waals surface area contributed by atoms with Crippen LogP contribution in [-0.4, -0.2) is 17.2 Å². The Morgan fingerprint density at radius 1 is 1.24 bits per heavy atom. The van der Waals surface area contributed by atoms with Crippen LogP contribution in [0, 0.1) is 17.8 Å². The van der Waals surface area contributed by atoms with Crippen LogP contribution < -0.4 is 11.3 Å². The maximum absolute atomic E-state index is 6.19. The van der Waals surface area contributed by atoms with E-state index in [4.69, 9.17) is 10.6 Å². The summed E-state index contributed by atoms with van der Waals surface area (Å²) in [6.45, 7) is 11.1. The van der Waals surface area contributed by atoms with Crippen LogP contribution in [0.2, 0.25) is 0 Å². The van der Waals surface area contributed by atoms with Crippen LogP contribution in [0.1, 0.15) is 53.9 Å². The molecule has 3 nitrogen and oxygen atoms in total. The number of ether oxygens (including phenoxy) is 1. The molecule has 2 fully saturated rings. The second-order valence-electron chi connectivity index (χ2n) is 7.16. The number of hydrogen-bond donors (Lipinski definition) is 2. The zero-order chi connectivity index (χ0) is 12.8. The van der Waals surface area contributed by atoms with E-state index in [1.165, 1.54) is 12.8 Å². The Morgan fingerprint density at radius 3 is 2.18 bits per heavy atom. The Morgan fingerprint density at radius 2 is 1.82 bits per heavy atom. The lowest BCUT2D eigenvalue weighted by Gasteiger charge is -2.36. The zero-order valence-electron chi connectivity index (χ0n) is 11.9. The monoisotopic (exact) mass is 240 g/mol. The SMILES string of the molecule is CC(C1CC1)C(NN)C1CC(C)(C)OC1(C)C. The number of hydrazine groups is 1. The van der Waals surface area contributed by atoms with Crippen molar-refractivity contribution in [3.05, 3.63) is 0 Å². The summed E-state index contributed by atoms with van der Waals surface area (Å²) in [5.74, 6) is 7.85. The Balaban J connectivity index is 2.13. The predicted octanol–water partition coefficient (Wildman–Crippen LogP) is 2.46. The minimum Gasteiger partial charge on any atom is -0.369 e. The topological polar surface area (TPSA) is 47.3 Å². The summed E-state index contributed by atoms with van der Waals surface area (Å²) >= 11 is 0. The molecule has 0 radical (unpaired) electrons. The summed E-state index contributed by atoms with van der Waals surface area (Å²) in [4.78, 5) is 0. The normalized spacial score (nSPS) is 34.6. The second-order valence-corrected chi connectivity index (χ2v) is 7.16. The van der Waals surface area contributed by atoms with Crippen LogP contribution in [0.15, 0.2) is 0 Å². The minimum absolute atomic E-state index is 0.0213. The van der Waals surface area contributed by atoms with Crippen LogP contribution in [-0.2, 0) is 4.74 Å². The van der Waals surface area contributed by atoms with E-state index in [9.17, 15) is 0 Å². The molecule has 2 aliphatic rings. The minimum atomic E-state index is -0.0797. The molecule has 100 valence electrons. The molecule has 3 unspecified atom stereocenters.